The van der Waals surface area contributed by atoms with E-state index in [1.165, 1.54) is 0 Å². The maximum Gasteiger partial charge on any atom is 0.338 e. The van der Waals surface area contributed by atoms with Gasteiger partial charge in [-0.15, -0.1) is 0 Å². The lowest BCUT2D eigenvalue weighted by Crippen LogP contribution is -2.20. The largest absolute Gasteiger partial charge is 0.454 e. The van der Waals surface area contributed by atoms with E-state index in [4.69, 9.17) is 10.5 Å². The molecule has 0 saturated carbocycles. The summed E-state index contributed by atoms with van der Waals surface area (Å²) in [7, 11) is 0. The number of ketones is 1. The van der Waals surface area contributed by atoms with Crippen LogP contribution in [0.4, 0.5) is 0 Å². The number of rotatable bonds is 7. The van der Waals surface area contributed by atoms with Gasteiger partial charge in [0.25, 0.3) is 0 Å². The zero-order valence-electron chi connectivity index (χ0n) is 16.3. The van der Waals surface area contributed by atoms with Gasteiger partial charge in [-0.05, 0) is 43.2 Å². The molecular formula is C23H22N2O4. The number of amides is 1. The molecule has 1 heterocycles. The molecule has 0 radical (unpaired) electrons. The third kappa shape index (κ3) is 4.60. The van der Waals surface area contributed by atoms with Crippen LogP contribution in [0.2, 0.25) is 0 Å². The summed E-state index contributed by atoms with van der Waals surface area (Å²) >= 11 is 0. The molecule has 1 aromatic heterocycles. The number of ether oxygens (including phenoxy) is 1. The lowest BCUT2D eigenvalue weighted by molar-refractivity contribution is -0.118. The second kappa shape index (κ2) is 8.56. The Balaban J connectivity index is 1.65. The highest BCUT2D eigenvalue weighted by molar-refractivity contribution is 6.00. The molecule has 2 aromatic carbocycles. The Morgan fingerprint density at radius 1 is 0.931 bits per heavy atom. The van der Waals surface area contributed by atoms with Crippen LogP contribution in [0, 0.1) is 13.8 Å². The average Bonchev–Trinajstić information content (AvgIpc) is 3.00. The van der Waals surface area contributed by atoms with Gasteiger partial charge >= 0.3 is 5.97 Å². The monoisotopic (exact) mass is 390 g/mol. The van der Waals surface area contributed by atoms with Crippen molar-refractivity contribution in [3.8, 4) is 11.1 Å². The molecule has 0 fully saturated rings. The number of aryl methyl sites for hydroxylation is 1. The van der Waals surface area contributed by atoms with Crippen LogP contribution in [0.1, 0.15) is 32.1 Å². The Hall–Kier alpha value is -3.67. The molecule has 0 aliphatic heterocycles. The summed E-state index contributed by atoms with van der Waals surface area (Å²) in [6.45, 7) is 3.14. The van der Waals surface area contributed by atoms with Gasteiger partial charge in [0.15, 0.2) is 6.61 Å². The summed E-state index contributed by atoms with van der Waals surface area (Å²) in [5.41, 5.74) is 9.43. The molecule has 3 aromatic rings. The number of hydrogen-bond acceptors (Lipinski definition) is 4. The summed E-state index contributed by atoms with van der Waals surface area (Å²) in [6, 6.07) is 18.5. The van der Waals surface area contributed by atoms with Gasteiger partial charge in [0.2, 0.25) is 11.7 Å². The van der Waals surface area contributed by atoms with Crippen LogP contribution in [0.15, 0.2) is 60.7 Å². The number of Topliss-reactive ketones (excluding diaryl/α,β-unsaturated/α-hetero) is 1. The average molecular weight is 390 g/mol. The minimum absolute atomic E-state index is 0.00149. The first-order valence-corrected chi connectivity index (χ1v) is 9.17. The van der Waals surface area contributed by atoms with Gasteiger partial charge in [0, 0.05) is 17.0 Å². The van der Waals surface area contributed by atoms with Crippen molar-refractivity contribution in [2.75, 3.05) is 6.61 Å². The van der Waals surface area contributed by atoms with E-state index in [9.17, 15) is 14.4 Å². The first-order chi connectivity index (χ1) is 13.9. The summed E-state index contributed by atoms with van der Waals surface area (Å²) in [6.07, 6.45) is 0. The van der Waals surface area contributed by atoms with Crippen LogP contribution in [-0.2, 0) is 16.1 Å². The first kappa shape index (κ1) is 20.1. The van der Waals surface area contributed by atoms with E-state index < -0.39 is 11.9 Å². The lowest BCUT2D eigenvalue weighted by atomic mass is 10.0. The highest BCUT2D eigenvalue weighted by Crippen LogP contribution is 2.20. The Morgan fingerprint density at radius 2 is 1.55 bits per heavy atom. The minimum Gasteiger partial charge on any atom is -0.454 e. The maximum atomic E-state index is 12.5. The molecule has 2 N–H and O–H groups in total. The van der Waals surface area contributed by atoms with Gasteiger partial charge in [0.1, 0.15) is 6.54 Å². The molecule has 0 saturated heterocycles. The van der Waals surface area contributed by atoms with E-state index in [0.29, 0.717) is 16.8 Å². The molecule has 0 spiro atoms. The number of carbonyl (C=O) groups excluding carboxylic acids is 3. The maximum absolute atomic E-state index is 12.5. The van der Waals surface area contributed by atoms with Crippen molar-refractivity contribution in [1.82, 2.24) is 4.57 Å². The van der Waals surface area contributed by atoms with Crippen molar-refractivity contribution in [2.45, 2.75) is 20.4 Å². The summed E-state index contributed by atoms with van der Waals surface area (Å²) in [4.78, 5) is 36.0. The number of hydrogen-bond donors (Lipinski definition) is 1. The molecule has 0 aliphatic rings. The van der Waals surface area contributed by atoms with Crippen LogP contribution in [-0.4, -0.2) is 28.8 Å². The second-order valence-corrected chi connectivity index (χ2v) is 6.78. The molecular weight excluding hydrogens is 368 g/mol. The fraction of sp³-hybridized carbons (Fsp3) is 0.174. The van der Waals surface area contributed by atoms with Gasteiger partial charge in [-0.2, -0.15) is 0 Å². The van der Waals surface area contributed by atoms with Crippen LogP contribution in [0.3, 0.4) is 0 Å². The zero-order valence-corrected chi connectivity index (χ0v) is 16.3. The van der Waals surface area contributed by atoms with Crippen LogP contribution in [0.5, 0.6) is 0 Å². The molecule has 0 atom stereocenters. The van der Waals surface area contributed by atoms with Gasteiger partial charge in [0.05, 0.1) is 5.56 Å². The molecule has 148 valence electrons. The van der Waals surface area contributed by atoms with Crippen molar-refractivity contribution in [3.63, 3.8) is 0 Å². The van der Waals surface area contributed by atoms with E-state index in [1.54, 1.807) is 36.6 Å². The van der Waals surface area contributed by atoms with E-state index >= 15 is 0 Å². The fourth-order valence-corrected chi connectivity index (χ4v) is 3.20. The Bertz CT molecular complexity index is 1050. The molecule has 6 nitrogen and oxygen atoms in total. The Morgan fingerprint density at radius 3 is 2.17 bits per heavy atom. The van der Waals surface area contributed by atoms with Gasteiger partial charge < -0.3 is 15.0 Å². The van der Waals surface area contributed by atoms with Crippen molar-refractivity contribution in [3.05, 3.63) is 83.2 Å². The molecule has 0 aliphatic carbocycles. The van der Waals surface area contributed by atoms with Crippen LogP contribution >= 0.6 is 0 Å². The highest BCUT2D eigenvalue weighted by atomic mass is 16.5. The standard InChI is InChI=1S/C23H22N2O4/c1-15-12-20(16(2)25(15)13-22(24)27)21(26)14-29-23(28)19-10-8-18(9-11-19)17-6-4-3-5-7-17/h3-12H,13-14H2,1-2H3,(H2,24,27). The van der Waals surface area contributed by atoms with Gasteiger partial charge in [-0.25, -0.2) is 4.79 Å². The van der Waals surface area contributed by atoms with E-state index in [-0.39, 0.29) is 18.9 Å². The minimum atomic E-state index is -0.566. The Kier molecular flexibility index (Phi) is 5.93. The third-order valence-electron chi connectivity index (χ3n) is 4.75. The third-order valence-corrected chi connectivity index (χ3v) is 4.75. The molecule has 29 heavy (non-hydrogen) atoms. The molecule has 1 amide bonds. The predicted molar refractivity (Wildman–Crippen MR) is 110 cm³/mol. The van der Waals surface area contributed by atoms with E-state index in [2.05, 4.69) is 0 Å². The van der Waals surface area contributed by atoms with Gasteiger partial charge in [-0.1, -0.05) is 42.5 Å². The molecule has 6 heteroatoms. The smallest absolute Gasteiger partial charge is 0.338 e. The number of aromatic nitrogens is 1. The SMILES string of the molecule is Cc1cc(C(=O)COC(=O)c2ccc(-c3ccccc3)cc2)c(C)n1CC(N)=O. The number of carbonyl (C=O) groups is 3. The normalized spacial score (nSPS) is 10.6. The van der Waals surface area contributed by atoms with Crippen molar-refractivity contribution in [1.29, 1.82) is 0 Å². The van der Waals surface area contributed by atoms with E-state index in [0.717, 1.165) is 16.8 Å². The van der Waals surface area contributed by atoms with Gasteiger partial charge in [-0.3, -0.25) is 9.59 Å². The fourth-order valence-electron chi connectivity index (χ4n) is 3.20. The van der Waals surface area contributed by atoms with Crippen molar-refractivity contribution < 1.29 is 19.1 Å². The first-order valence-electron chi connectivity index (χ1n) is 9.17. The van der Waals surface area contributed by atoms with Crippen LogP contribution < -0.4 is 5.73 Å². The van der Waals surface area contributed by atoms with Crippen molar-refractivity contribution in [2.24, 2.45) is 5.73 Å². The second-order valence-electron chi connectivity index (χ2n) is 6.78. The summed E-state index contributed by atoms with van der Waals surface area (Å²) < 4.78 is 6.85. The topological polar surface area (TPSA) is 91.4 Å². The summed E-state index contributed by atoms with van der Waals surface area (Å²) in [5, 5.41) is 0. The quantitative estimate of drug-likeness (QED) is 0.495. The van der Waals surface area contributed by atoms with Crippen LogP contribution in [0.25, 0.3) is 11.1 Å². The highest BCUT2D eigenvalue weighted by Gasteiger charge is 2.18. The Labute approximate surface area is 168 Å². The number of benzene rings is 2. The van der Waals surface area contributed by atoms with Crippen molar-refractivity contribution >= 4 is 17.7 Å². The number of primary amides is 1. The molecule has 0 bridgehead atoms. The lowest BCUT2D eigenvalue weighted by Gasteiger charge is -2.08. The summed E-state index contributed by atoms with van der Waals surface area (Å²) in [5.74, 6) is -1.39. The number of nitrogens with two attached hydrogens (primary N) is 1. The van der Waals surface area contributed by atoms with E-state index in [1.807, 2.05) is 42.5 Å². The number of esters is 1. The number of nitrogens with zero attached hydrogens (tertiary/aromatic N) is 1. The zero-order chi connectivity index (χ0) is 21.0. The predicted octanol–water partition coefficient (Wildman–Crippen LogP) is 3.30. The molecule has 3 rings (SSSR count). The molecule has 0 unspecified atom stereocenters.